The minimum absolute atomic E-state index is 0.129. The zero-order chi connectivity index (χ0) is 11.4. The van der Waals surface area contributed by atoms with Gasteiger partial charge in [0.25, 0.3) is 0 Å². The number of rotatable bonds is 4. The molecule has 8 heteroatoms. The van der Waals surface area contributed by atoms with Crippen LogP contribution in [0.4, 0.5) is 0 Å². The van der Waals surface area contributed by atoms with Crippen molar-refractivity contribution in [2.24, 2.45) is 0 Å². The summed E-state index contributed by atoms with van der Waals surface area (Å²) in [5.74, 6) is 1.46. The van der Waals surface area contributed by atoms with E-state index in [-0.39, 0.29) is 23.0 Å². The highest BCUT2D eigenvalue weighted by Crippen LogP contribution is 2.26. The lowest BCUT2D eigenvalue weighted by molar-refractivity contribution is 0.135. The van der Waals surface area contributed by atoms with Crippen molar-refractivity contribution in [3.05, 3.63) is 0 Å². The summed E-state index contributed by atoms with van der Waals surface area (Å²) >= 11 is -0.372. The molecule has 0 radical (unpaired) electrons. The first-order chi connectivity index (χ1) is 7.78. The van der Waals surface area contributed by atoms with Crippen molar-refractivity contribution in [1.82, 2.24) is 0 Å². The molecule has 94 valence electrons. The van der Waals surface area contributed by atoms with Crippen LogP contribution in [0.25, 0.3) is 0 Å². The van der Waals surface area contributed by atoms with Gasteiger partial charge in [-0.3, -0.25) is 8.37 Å². The fraction of sp³-hybridized carbons (Fsp3) is 0.875. The zero-order valence-corrected chi connectivity index (χ0v) is 11.3. The summed E-state index contributed by atoms with van der Waals surface area (Å²) in [4.78, 5) is 0. The molecule has 4 unspecified atom stereocenters. The molecule has 0 aromatic heterocycles. The Morgan fingerprint density at radius 1 is 1.44 bits per heavy atom. The summed E-state index contributed by atoms with van der Waals surface area (Å²) in [6.45, 7) is 2.90. The second-order valence-electron chi connectivity index (χ2n) is 3.28. The van der Waals surface area contributed by atoms with Crippen molar-refractivity contribution in [2.75, 3.05) is 24.7 Å². The molecule has 2 fully saturated rings. The zero-order valence-electron chi connectivity index (χ0n) is 8.83. The minimum atomic E-state index is -1.70. The van der Waals surface area contributed by atoms with E-state index in [4.69, 9.17) is 16.7 Å². The fourth-order valence-corrected chi connectivity index (χ4v) is 4.11. The lowest BCUT2D eigenvalue weighted by atomic mass is 10.5. The third-order valence-corrected chi connectivity index (χ3v) is 5.37. The summed E-state index contributed by atoms with van der Waals surface area (Å²) in [5.41, 5.74) is 0. The first kappa shape index (κ1) is 13.0. The van der Waals surface area contributed by atoms with Crippen LogP contribution in [0, 0.1) is 0 Å². The Bertz CT molecular complexity index is 289. The summed E-state index contributed by atoms with van der Waals surface area (Å²) in [6.07, 6.45) is -0.264. The van der Waals surface area contributed by atoms with E-state index < -0.39 is 11.4 Å². The molecule has 5 nitrogen and oxygen atoms in total. The molecule has 2 aliphatic heterocycles. The van der Waals surface area contributed by atoms with Gasteiger partial charge in [-0.25, -0.2) is 0 Å². The van der Waals surface area contributed by atoms with E-state index in [2.05, 4.69) is 0 Å². The molecule has 2 saturated heterocycles. The molecule has 0 aliphatic carbocycles. The largest absolute Gasteiger partial charge is 0.320 e. The standard InChI is InChI=1S/C8H14O5S3/c1-2-15-6-8(4-11-15)13-16(9)12-7-3-10-14-5-7/h2,7-8H,3-6H2,1H3. The molecule has 16 heavy (non-hydrogen) atoms. The Balaban J connectivity index is 1.71. The Morgan fingerprint density at radius 2 is 2.25 bits per heavy atom. The van der Waals surface area contributed by atoms with Gasteiger partial charge < -0.3 is 8.37 Å². The molecule has 0 aromatic rings. The lowest BCUT2D eigenvalue weighted by Gasteiger charge is -2.10. The van der Waals surface area contributed by atoms with Gasteiger partial charge in [0.1, 0.15) is 12.2 Å². The second kappa shape index (κ2) is 6.48. The summed E-state index contributed by atoms with van der Waals surface area (Å²) < 4.78 is 32.4. The second-order valence-corrected chi connectivity index (χ2v) is 6.68. The summed E-state index contributed by atoms with van der Waals surface area (Å²) in [6, 6.07) is 0. The van der Waals surface area contributed by atoms with Crippen molar-refractivity contribution in [3.8, 4) is 0 Å². The molecular formula is C8H14O5S3. The van der Waals surface area contributed by atoms with Crippen molar-refractivity contribution in [3.63, 3.8) is 0 Å². The first-order valence-electron chi connectivity index (χ1n) is 4.91. The van der Waals surface area contributed by atoms with Crippen molar-refractivity contribution < 1.29 is 20.9 Å². The molecule has 2 aliphatic rings. The third-order valence-electron chi connectivity index (χ3n) is 2.04. The monoisotopic (exact) mass is 286 g/mol. The molecular weight excluding hydrogens is 272 g/mol. The van der Waals surface area contributed by atoms with Gasteiger partial charge in [0.05, 0.1) is 13.2 Å². The predicted octanol–water partition coefficient (Wildman–Crippen LogP) is 1.05. The van der Waals surface area contributed by atoms with E-state index in [0.717, 1.165) is 5.75 Å². The van der Waals surface area contributed by atoms with Gasteiger partial charge in [0.15, 0.2) is 0 Å². The first-order valence-corrected chi connectivity index (χ1v) is 8.20. The number of hydrogen-bond acceptors (Lipinski definition) is 6. The Hall–Kier alpha value is 0.560. The molecule has 2 rings (SSSR count). The van der Waals surface area contributed by atoms with Gasteiger partial charge in [-0.1, -0.05) is 10.8 Å². The molecule has 0 saturated carbocycles. The van der Waals surface area contributed by atoms with E-state index in [0.29, 0.717) is 19.0 Å². The van der Waals surface area contributed by atoms with Crippen LogP contribution in [0.1, 0.15) is 6.92 Å². The van der Waals surface area contributed by atoms with E-state index in [1.807, 2.05) is 12.3 Å². The maximum atomic E-state index is 11.5. The highest BCUT2D eigenvalue weighted by atomic mass is 32.2. The van der Waals surface area contributed by atoms with Gasteiger partial charge in [-0.15, -0.1) is 0 Å². The maximum Gasteiger partial charge on any atom is 0.305 e. The van der Waals surface area contributed by atoms with Crippen molar-refractivity contribution in [2.45, 2.75) is 19.1 Å². The molecule has 4 atom stereocenters. The summed E-state index contributed by atoms with van der Waals surface area (Å²) in [7, 11) is -0.153. The minimum Gasteiger partial charge on any atom is -0.320 e. The molecule has 0 bridgehead atoms. The molecule has 0 amide bonds. The van der Waals surface area contributed by atoms with Crippen LogP contribution in [0.3, 0.4) is 0 Å². The van der Waals surface area contributed by atoms with E-state index >= 15 is 0 Å². The molecule has 2 heterocycles. The summed E-state index contributed by atoms with van der Waals surface area (Å²) in [5, 5.41) is 1.99. The van der Waals surface area contributed by atoms with E-state index in [1.165, 1.54) is 12.0 Å². The molecule has 0 aromatic carbocycles. The van der Waals surface area contributed by atoms with Gasteiger partial charge >= 0.3 is 11.4 Å². The van der Waals surface area contributed by atoms with Crippen LogP contribution in [-0.2, 0) is 28.1 Å². The number of hydrogen-bond donors (Lipinski definition) is 0. The Labute approximate surface area is 104 Å². The average Bonchev–Trinajstić information content (AvgIpc) is 2.89. The Morgan fingerprint density at radius 3 is 2.88 bits per heavy atom. The third kappa shape index (κ3) is 3.80. The van der Waals surface area contributed by atoms with Crippen LogP contribution in [-0.4, -0.2) is 46.5 Å². The van der Waals surface area contributed by atoms with E-state index in [9.17, 15) is 4.21 Å². The van der Waals surface area contributed by atoms with E-state index in [1.54, 1.807) is 0 Å². The maximum absolute atomic E-state index is 11.5. The van der Waals surface area contributed by atoms with Crippen LogP contribution < -0.4 is 0 Å². The average molecular weight is 286 g/mol. The van der Waals surface area contributed by atoms with Crippen LogP contribution in [0.15, 0.2) is 0 Å². The molecule has 0 spiro atoms. The van der Waals surface area contributed by atoms with Crippen molar-refractivity contribution in [1.29, 1.82) is 0 Å². The quantitative estimate of drug-likeness (QED) is 0.569. The molecule has 0 N–H and O–H groups in total. The van der Waals surface area contributed by atoms with Gasteiger partial charge in [0.2, 0.25) is 0 Å². The van der Waals surface area contributed by atoms with Crippen molar-refractivity contribution >= 4 is 39.5 Å². The normalized spacial score (nSPS) is 36.9. The van der Waals surface area contributed by atoms with Gasteiger partial charge in [0, 0.05) is 11.5 Å². The fourth-order valence-electron chi connectivity index (χ4n) is 1.26. The van der Waals surface area contributed by atoms with Gasteiger partial charge in [-0.2, -0.15) is 4.21 Å². The van der Waals surface area contributed by atoms with Crippen LogP contribution in [0.2, 0.25) is 0 Å². The van der Waals surface area contributed by atoms with Crippen LogP contribution >= 0.6 is 22.8 Å². The smallest absolute Gasteiger partial charge is 0.305 e. The highest BCUT2D eigenvalue weighted by molar-refractivity contribution is 8.11. The highest BCUT2D eigenvalue weighted by Gasteiger charge is 2.26. The lowest BCUT2D eigenvalue weighted by Crippen LogP contribution is -2.23. The van der Waals surface area contributed by atoms with Crippen LogP contribution in [0.5, 0.6) is 0 Å². The topological polar surface area (TPSA) is 54.0 Å². The Kier molecular flexibility index (Phi) is 5.27. The van der Waals surface area contributed by atoms with Gasteiger partial charge in [-0.05, 0) is 24.3 Å². The predicted molar refractivity (Wildman–Crippen MR) is 66.4 cm³/mol. The SMILES string of the molecule is C/C=S1/CC(OS(=O)OC2COSC2)CO1.